The average molecular weight is 531 g/mol. The van der Waals surface area contributed by atoms with E-state index in [0.717, 1.165) is 16.7 Å². The molecule has 0 aromatic heterocycles. The van der Waals surface area contributed by atoms with Crippen LogP contribution in [0.15, 0.2) is 53.3 Å². The van der Waals surface area contributed by atoms with E-state index in [1.807, 2.05) is 43.3 Å². The Morgan fingerprint density at radius 2 is 1.72 bits per heavy atom. The van der Waals surface area contributed by atoms with Gasteiger partial charge >= 0.3 is 0 Å². The molecule has 9 heteroatoms. The predicted octanol–water partition coefficient (Wildman–Crippen LogP) is 2.44. The van der Waals surface area contributed by atoms with E-state index in [4.69, 9.17) is 5.73 Å². The summed E-state index contributed by atoms with van der Waals surface area (Å²) in [7, 11) is 3.14. The van der Waals surface area contributed by atoms with Crippen LogP contribution in [-0.4, -0.2) is 68.5 Å². The molecule has 0 radical (unpaired) electrons. The number of fused-ring (bicyclic) bond motifs is 3. The van der Waals surface area contributed by atoms with Crippen LogP contribution in [0.4, 0.5) is 0 Å². The largest absolute Gasteiger partial charge is 0.508 e. The third-order valence-corrected chi connectivity index (χ3v) is 8.17. The van der Waals surface area contributed by atoms with Gasteiger partial charge in [-0.3, -0.25) is 19.3 Å². The van der Waals surface area contributed by atoms with Crippen molar-refractivity contribution >= 4 is 35.4 Å². The quantitative estimate of drug-likeness (QED) is 0.297. The number of aliphatic hydroxyl groups excluding tert-OH is 2. The molecule has 1 fully saturated rings. The molecular formula is C30H30N2O7. The molecule has 2 aromatic carbocycles. The number of rotatable bonds is 4. The lowest BCUT2D eigenvalue weighted by atomic mass is 9.57. The number of likely N-dealkylation sites (N-methyl/N-ethyl adjacent to an activating group) is 1. The Labute approximate surface area is 225 Å². The van der Waals surface area contributed by atoms with Crippen LogP contribution in [0.25, 0.3) is 17.9 Å². The van der Waals surface area contributed by atoms with E-state index < -0.39 is 58.0 Å². The fourth-order valence-corrected chi connectivity index (χ4v) is 6.29. The summed E-state index contributed by atoms with van der Waals surface area (Å²) in [6.45, 7) is 1.99. The van der Waals surface area contributed by atoms with Crippen LogP contribution in [0, 0.1) is 18.8 Å². The summed E-state index contributed by atoms with van der Waals surface area (Å²) in [5, 5.41) is 44.6. The van der Waals surface area contributed by atoms with Crippen molar-refractivity contribution in [1.29, 1.82) is 0 Å². The van der Waals surface area contributed by atoms with E-state index in [9.17, 15) is 34.8 Å². The number of aliphatic hydroxyl groups is 3. The minimum Gasteiger partial charge on any atom is -0.508 e. The Balaban J connectivity index is 1.66. The summed E-state index contributed by atoms with van der Waals surface area (Å²) in [6.07, 6.45) is 4.05. The molecule has 4 atom stereocenters. The number of benzene rings is 2. The molecule has 2 aromatic rings. The van der Waals surface area contributed by atoms with Crippen molar-refractivity contribution in [3.63, 3.8) is 0 Å². The lowest BCUT2D eigenvalue weighted by Crippen LogP contribution is -2.65. The SMILES string of the molecule is Cc1ccc(/C=C/c2ccc(O)c3c2C[C@@H]2C[C@@H]4[C@@H](N(C)C)C(=O)C(C(N)=O)=C(O)[C@@]4(O)C(=O)C2=C3O)cc1. The van der Waals surface area contributed by atoms with Gasteiger partial charge in [0.2, 0.25) is 5.78 Å². The van der Waals surface area contributed by atoms with E-state index >= 15 is 0 Å². The minimum absolute atomic E-state index is 0.0442. The van der Waals surface area contributed by atoms with Crippen LogP contribution in [0.5, 0.6) is 5.75 Å². The molecule has 0 heterocycles. The van der Waals surface area contributed by atoms with Gasteiger partial charge in [-0.2, -0.15) is 0 Å². The summed E-state index contributed by atoms with van der Waals surface area (Å²) in [6, 6.07) is 9.93. The lowest BCUT2D eigenvalue weighted by Gasteiger charge is -2.50. The Morgan fingerprint density at radius 3 is 2.33 bits per heavy atom. The van der Waals surface area contributed by atoms with Crippen LogP contribution in [0.1, 0.15) is 34.2 Å². The Morgan fingerprint density at radius 1 is 1.05 bits per heavy atom. The van der Waals surface area contributed by atoms with E-state index in [0.29, 0.717) is 5.56 Å². The van der Waals surface area contributed by atoms with Gasteiger partial charge in [-0.05, 0) is 62.5 Å². The number of aryl methyl sites for hydroxylation is 1. The van der Waals surface area contributed by atoms with Crippen molar-refractivity contribution in [2.24, 2.45) is 17.6 Å². The molecule has 6 N–H and O–H groups in total. The number of carbonyl (C=O) groups excluding carboxylic acids is 3. The standard InChI is InChI=1S/C30H30N2O7/c1-14-4-6-15(7-5-14)8-9-16-10-11-20(33)22-18(16)12-17-13-19-24(32(2)3)26(35)23(29(31)38)28(37)30(19,39)27(36)21(17)25(22)34/h4-11,17,19,24,33-34,37,39H,12-13H2,1-3H3,(H2,31,38)/b9-8+/t17-,19-,24-,30+/m1/s1. The first kappa shape index (κ1) is 26.4. The van der Waals surface area contributed by atoms with E-state index in [1.54, 1.807) is 20.2 Å². The minimum atomic E-state index is -2.65. The van der Waals surface area contributed by atoms with Gasteiger partial charge in [0.25, 0.3) is 5.91 Å². The number of phenols is 1. The van der Waals surface area contributed by atoms with Gasteiger partial charge in [-0.25, -0.2) is 0 Å². The highest BCUT2D eigenvalue weighted by atomic mass is 16.3. The second kappa shape index (κ2) is 9.21. The molecule has 0 aliphatic heterocycles. The monoisotopic (exact) mass is 530 g/mol. The van der Waals surface area contributed by atoms with Gasteiger partial charge in [0.05, 0.1) is 11.6 Å². The predicted molar refractivity (Wildman–Crippen MR) is 144 cm³/mol. The maximum Gasteiger partial charge on any atom is 0.255 e. The van der Waals surface area contributed by atoms with Crippen molar-refractivity contribution in [2.75, 3.05) is 14.1 Å². The second-order valence-corrected chi connectivity index (χ2v) is 10.7. The number of aromatic hydroxyl groups is 1. The molecule has 3 aliphatic carbocycles. The zero-order valence-electron chi connectivity index (χ0n) is 21.8. The number of ketones is 2. The van der Waals surface area contributed by atoms with Crippen LogP contribution in [-0.2, 0) is 20.8 Å². The molecule has 0 spiro atoms. The highest BCUT2D eigenvalue weighted by Crippen LogP contribution is 2.53. The molecule has 9 nitrogen and oxygen atoms in total. The first-order valence-corrected chi connectivity index (χ1v) is 12.6. The molecule has 0 saturated heterocycles. The Hall–Kier alpha value is -4.21. The summed E-state index contributed by atoms with van der Waals surface area (Å²) in [4.78, 5) is 40.6. The van der Waals surface area contributed by atoms with Gasteiger partial charge in [-0.15, -0.1) is 0 Å². The molecule has 202 valence electrons. The van der Waals surface area contributed by atoms with Gasteiger partial charge < -0.3 is 26.2 Å². The molecule has 0 bridgehead atoms. The number of primary amides is 1. The maximum absolute atomic E-state index is 13.9. The van der Waals surface area contributed by atoms with E-state index in [2.05, 4.69) is 0 Å². The van der Waals surface area contributed by atoms with Gasteiger partial charge in [0.1, 0.15) is 22.8 Å². The first-order chi connectivity index (χ1) is 18.4. The number of hydrogen-bond acceptors (Lipinski definition) is 8. The molecule has 1 amide bonds. The van der Waals surface area contributed by atoms with Crippen LogP contribution >= 0.6 is 0 Å². The van der Waals surface area contributed by atoms with E-state index in [-0.39, 0.29) is 29.7 Å². The molecule has 0 unspecified atom stereocenters. The van der Waals surface area contributed by atoms with Crippen molar-refractivity contribution in [1.82, 2.24) is 4.90 Å². The van der Waals surface area contributed by atoms with Crippen molar-refractivity contribution in [2.45, 2.75) is 31.4 Å². The number of nitrogens with two attached hydrogens (primary N) is 1. The van der Waals surface area contributed by atoms with Crippen molar-refractivity contribution in [3.8, 4) is 5.75 Å². The lowest BCUT2D eigenvalue weighted by molar-refractivity contribution is -0.153. The zero-order chi connectivity index (χ0) is 28.4. The van der Waals surface area contributed by atoms with Crippen LogP contribution in [0.2, 0.25) is 0 Å². The fraction of sp³-hybridized carbons (Fsp3) is 0.300. The van der Waals surface area contributed by atoms with Crippen molar-refractivity contribution in [3.05, 3.63) is 81.1 Å². The fourth-order valence-electron chi connectivity index (χ4n) is 6.29. The molecule has 5 rings (SSSR count). The molecule has 1 saturated carbocycles. The highest BCUT2D eigenvalue weighted by Gasteiger charge is 2.64. The summed E-state index contributed by atoms with van der Waals surface area (Å²) >= 11 is 0. The number of phenolic OH excluding ortho intramolecular Hbond substituents is 1. The number of carbonyl (C=O) groups is 3. The molecular weight excluding hydrogens is 500 g/mol. The van der Waals surface area contributed by atoms with Gasteiger partial charge in [0.15, 0.2) is 11.4 Å². The summed E-state index contributed by atoms with van der Waals surface area (Å²) in [5.74, 6) is -6.65. The van der Waals surface area contributed by atoms with Gasteiger partial charge in [0, 0.05) is 11.5 Å². The molecule has 3 aliphatic rings. The highest BCUT2D eigenvalue weighted by molar-refractivity contribution is 6.24. The topological polar surface area (TPSA) is 161 Å². The van der Waals surface area contributed by atoms with Crippen LogP contribution in [0.3, 0.4) is 0 Å². The Kier molecular flexibility index (Phi) is 6.24. The van der Waals surface area contributed by atoms with Crippen molar-refractivity contribution < 1.29 is 34.8 Å². The number of nitrogens with zero attached hydrogens (tertiary/aromatic N) is 1. The van der Waals surface area contributed by atoms with Crippen LogP contribution < -0.4 is 5.73 Å². The summed E-state index contributed by atoms with van der Waals surface area (Å²) in [5.41, 5.74) is 5.19. The third kappa shape index (κ3) is 3.88. The van der Waals surface area contributed by atoms with Gasteiger partial charge in [-0.1, -0.05) is 48.0 Å². The number of Topliss-reactive ketones (excluding diaryl/α,β-unsaturated/α-hetero) is 2. The smallest absolute Gasteiger partial charge is 0.255 e. The third-order valence-electron chi connectivity index (χ3n) is 8.17. The maximum atomic E-state index is 13.9. The first-order valence-electron chi connectivity index (χ1n) is 12.6. The van der Waals surface area contributed by atoms with E-state index in [1.165, 1.54) is 11.0 Å². The Bertz CT molecular complexity index is 1520. The normalized spacial score (nSPS) is 26.6. The summed E-state index contributed by atoms with van der Waals surface area (Å²) < 4.78 is 0. The number of amides is 1. The zero-order valence-corrected chi connectivity index (χ0v) is 21.8. The molecule has 39 heavy (non-hydrogen) atoms. The average Bonchev–Trinajstić information content (AvgIpc) is 2.86. The second-order valence-electron chi connectivity index (χ2n) is 10.7. The number of hydrogen-bond donors (Lipinski definition) is 5.